The van der Waals surface area contributed by atoms with Crippen LogP contribution in [0.4, 0.5) is 0 Å². The van der Waals surface area contributed by atoms with Gasteiger partial charge in [-0.05, 0) is 25.1 Å². The molecule has 0 amide bonds. The Morgan fingerprint density at radius 3 is 2.00 bits per heavy atom. The summed E-state index contributed by atoms with van der Waals surface area (Å²) in [6.45, 7) is 5.34. The molecule has 0 unspecified atom stereocenters. The lowest BCUT2D eigenvalue weighted by Crippen LogP contribution is -2.20. The number of para-hydroxylation sites is 2. The van der Waals surface area contributed by atoms with Crippen LogP contribution in [0, 0.1) is 0 Å². The van der Waals surface area contributed by atoms with Gasteiger partial charge in [-0.3, -0.25) is 0 Å². The summed E-state index contributed by atoms with van der Waals surface area (Å²) in [6.07, 6.45) is 1.19. The van der Waals surface area contributed by atoms with E-state index in [1.54, 1.807) is 0 Å². The van der Waals surface area contributed by atoms with Crippen LogP contribution in [-0.2, 0) is 6.54 Å². The Morgan fingerprint density at radius 2 is 1.42 bits per heavy atom. The summed E-state index contributed by atoms with van der Waals surface area (Å²) in [6, 6.07) is 17.4. The zero-order valence-corrected chi connectivity index (χ0v) is 11.4. The minimum Gasteiger partial charge on any atom is -0.339 e. The number of nitrogens with zero attached hydrogens (tertiary/aromatic N) is 1. The van der Waals surface area contributed by atoms with Crippen LogP contribution in [0.3, 0.4) is 0 Å². The Labute approximate surface area is 114 Å². The van der Waals surface area contributed by atoms with E-state index in [1.807, 2.05) is 0 Å². The van der Waals surface area contributed by atoms with Crippen LogP contribution in [0.25, 0.3) is 21.8 Å². The van der Waals surface area contributed by atoms with Gasteiger partial charge in [0.1, 0.15) is 0 Å². The summed E-state index contributed by atoms with van der Waals surface area (Å²) in [5, 5.41) is 6.19. The lowest BCUT2D eigenvalue weighted by atomic mass is 10.2. The molecule has 98 valence electrons. The molecule has 0 aliphatic heterocycles. The Bertz CT molecular complexity index is 629. The molecule has 0 atom stereocenters. The second-order valence-electron chi connectivity index (χ2n) is 4.94. The third-order valence-electron chi connectivity index (χ3n) is 3.62. The van der Waals surface area contributed by atoms with Crippen LogP contribution >= 0.6 is 0 Å². The van der Waals surface area contributed by atoms with Gasteiger partial charge in [0, 0.05) is 34.9 Å². The molecule has 3 aromatic rings. The summed E-state index contributed by atoms with van der Waals surface area (Å²) in [5.41, 5.74) is 2.67. The quantitative estimate of drug-likeness (QED) is 0.684. The topological polar surface area (TPSA) is 17.0 Å². The molecule has 0 fully saturated rings. The fraction of sp³-hybridized carbons (Fsp3) is 0.294. The largest absolute Gasteiger partial charge is 0.339 e. The Hall–Kier alpha value is -1.80. The molecule has 2 aromatic carbocycles. The first-order valence-corrected chi connectivity index (χ1v) is 7.08. The van der Waals surface area contributed by atoms with Gasteiger partial charge in [0.25, 0.3) is 0 Å². The molecular formula is C17H20N2. The number of hydrogen-bond acceptors (Lipinski definition) is 1. The van der Waals surface area contributed by atoms with Crippen LogP contribution in [0.5, 0.6) is 0 Å². The second-order valence-corrected chi connectivity index (χ2v) is 4.94. The van der Waals surface area contributed by atoms with Gasteiger partial charge in [-0.25, -0.2) is 0 Å². The number of benzene rings is 2. The SMILES string of the molecule is CCCNCCn1c2ccccc2c2ccccc21. The van der Waals surface area contributed by atoms with Gasteiger partial charge < -0.3 is 9.88 Å². The summed E-state index contributed by atoms with van der Waals surface area (Å²) in [4.78, 5) is 0. The van der Waals surface area contributed by atoms with Crippen LogP contribution in [0.1, 0.15) is 13.3 Å². The van der Waals surface area contributed by atoms with E-state index in [0.717, 1.165) is 19.6 Å². The number of aromatic nitrogens is 1. The molecule has 2 heteroatoms. The first-order chi connectivity index (χ1) is 9.42. The van der Waals surface area contributed by atoms with E-state index in [9.17, 15) is 0 Å². The molecule has 0 aliphatic rings. The summed E-state index contributed by atoms with van der Waals surface area (Å²) in [7, 11) is 0. The van der Waals surface area contributed by atoms with Crippen LogP contribution in [0.2, 0.25) is 0 Å². The van der Waals surface area contributed by atoms with Gasteiger partial charge in [0.2, 0.25) is 0 Å². The standard InChI is InChI=1S/C17H20N2/c1-2-11-18-12-13-19-16-9-5-3-7-14(16)15-8-4-6-10-17(15)19/h3-10,18H,2,11-13H2,1H3. The van der Waals surface area contributed by atoms with Crippen LogP contribution in [-0.4, -0.2) is 17.7 Å². The van der Waals surface area contributed by atoms with E-state index in [-0.39, 0.29) is 0 Å². The van der Waals surface area contributed by atoms with Crippen molar-refractivity contribution >= 4 is 21.8 Å². The first kappa shape index (κ1) is 12.2. The molecule has 1 N–H and O–H groups in total. The second kappa shape index (κ2) is 5.45. The number of hydrogen-bond donors (Lipinski definition) is 1. The average molecular weight is 252 g/mol. The summed E-state index contributed by atoms with van der Waals surface area (Å²) < 4.78 is 2.42. The maximum atomic E-state index is 3.48. The third-order valence-corrected chi connectivity index (χ3v) is 3.62. The van der Waals surface area contributed by atoms with Gasteiger partial charge in [-0.2, -0.15) is 0 Å². The molecule has 0 saturated carbocycles. The predicted octanol–water partition coefficient (Wildman–Crippen LogP) is 3.79. The van der Waals surface area contributed by atoms with Crippen molar-refractivity contribution in [1.29, 1.82) is 0 Å². The van der Waals surface area contributed by atoms with Gasteiger partial charge in [0.15, 0.2) is 0 Å². The van der Waals surface area contributed by atoms with E-state index in [1.165, 1.54) is 28.2 Å². The molecule has 1 aromatic heterocycles. The van der Waals surface area contributed by atoms with Gasteiger partial charge in [0.05, 0.1) is 0 Å². The van der Waals surface area contributed by atoms with E-state index < -0.39 is 0 Å². The van der Waals surface area contributed by atoms with Crippen LogP contribution < -0.4 is 5.32 Å². The van der Waals surface area contributed by atoms with Gasteiger partial charge >= 0.3 is 0 Å². The zero-order chi connectivity index (χ0) is 13.1. The highest BCUT2D eigenvalue weighted by atomic mass is 15.0. The van der Waals surface area contributed by atoms with Gasteiger partial charge in [-0.1, -0.05) is 43.3 Å². The highest BCUT2D eigenvalue weighted by Crippen LogP contribution is 2.28. The highest BCUT2D eigenvalue weighted by Gasteiger charge is 2.08. The molecule has 0 aliphatic carbocycles. The summed E-state index contributed by atoms with van der Waals surface area (Å²) in [5.74, 6) is 0. The minimum atomic E-state index is 1.02. The Morgan fingerprint density at radius 1 is 0.842 bits per heavy atom. The lowest BCUT2D eigenvalue weighted by molar-refractivity contribution is 0.612. The van der Waals surface area contributed by atoms with Crippen molar-refractivity contribution in [2.45, 2.75) is 19.9 Å². The van der Waals surface area contributed by atoms with Crippen molar-refractivity contribution in [1.82, 2.24) is 9.88 Å². The smallest absolute Gasteiger partial charge is 0.0491 e. The molecule has 0 bridgehead atoms. The fourth-order valence-corrected chi connectivity index (χ4v) is 2.74. The number of rotatable bonds is 5. The molecule has 1 heterocycles. The average Bonchev–Trinajstić information content (AvgIpc) is 2.78. The fourth-order valence-electron chi connectivity index (χ4n) is 2.74. The zero-order valence-electron chi connectivity index (χ0n) is 11.4. The third kappa shape index (κ3) is 2.24. The minimum absolute atomic E-state index is 1.02. The van der Waals surface area contributed by atoms with E-state index in [0.29, 0.717) is 0 Å². The molecule has 0 saturated heterocycles. The molecular weight excluding hydrogens is 232 g/mol. The van der Waals surface area contributed by atoms with Gasteiger partial charge in [-0.15, -0.1) is 0 Å². The van der Waals surface area contributed by atoms with Crippen molar-refractivity contribution in [3.63, 3.8) is 0 Å². The first-order valence-electron chi connectivity index (χ1n) is 7.08. The van der Waals surface area contributed by atoms with E-state index in [2.05, 4.69) is 65.3 Å². The Balaban J connectivity index is 2.04. The van der Waals surface area contributed by atoms with Crippen molar-refractivity contribution < 1.29 is 0 Å². The maximum Gasteiger partial charge on any atom is 0.0491 e. The molecule has 3 rings (SSSR count). The van der Waals surface area contributed by atoms with Crippen molar-refractivity contribution in [3.8, 4) is 0 Å². The van der Waals surface area contributed by atoms with E-state index in [4.69, 9.17) is 0 Å². The molecule has 0 spiro atoms. The number of fused-ring (bicyclic) bond motifs is 3. The molecule has 2 nitrogen and oxygen atoms in total. The van der Waals surface area contributed by atoms with Crippen molar-refractivity contribution in [3.05, 3.63) is 48.5 Å². The monoisotopic (exact) mass is 252 g/mol. The van der Waals surface area contributed by atoms with Crippen molar-refractivity contribution in [2.75, 3.05) is 13.1 Å². The number of nitrogens with one attached hydrogen (secondary N) is 1. The van der Waals surface area contributed by atoms with Crippen molar-refractivity contribution in [2.24, 2.45) is 0 Å². The maximum absolute atomic E-state index is 3.48. The Kier molecular flexibility index (Phi) is 3.51. The summed E-state index contributed by atoms with van der Waals surface area (Å²) >= 11 is 0. The highest BCUT2D eigenvalue weighted by molar-refractivity contribution is 6.07. The lowest BCUT2D eigenvalue weighted by Gasteiger charge is -2.08. The van der Waals surface area contributed by atoms with E-state index >= 15 is 0 Å². The normalized spacial score (nSPS) is 11.4. The predicted molar refractivity (Wildman–Crippen MR) is 82.6 cm³/mol. The molecule has 0 radical (unpaired) electrons. The molecule has 19 heavy (non-hydrogen) atoms. The van der Waals surface area contributed by atoms with Crippen LogP contribution in [0.15, 0.2) is 48.5 Å².